The van der Waals surface area contributed by atoms with Crippen molar-refractivity contribution in [2.45, 2.75) is 39.7 Å². The number of amides is 1. The molecule has 7 heteroatoms. The van der Waals surface area contributed by atoms with Gasteiger partial charge in [-0.2, -0.15) is 5.10 Å². The molecule has 2 N–H and O–H groups in total. The fraction of sp³-hybridized carbons (Fsp3) is 0.706. The fourth-order valence-corrected chi connectivity index (χ4v) is 2.85. The molecule has 7 nitrogen and oxygen atoms in total. The Morgan fingerprint density at radius 2 is 2.29 bits per heavy atom. The van der Waals surface area contributed by atoms with Crippen LogP contribution in [0, 0.1) is 5.92 Å². The molecule has 2 heterocycles. The van der Waals surface area contributed by atoms with E-state index in [1.54, 1.807) is 4.68 Å². The maximum Gasteiger partial charge on any atom is 0.225 e. The van der Waals surface area contributed by atoms with Crippen LogP contribution in [0.3, 0.4) is 0 Å². The molecular formula is C17H30N6O. The van der Waals surface area contributed by atoms with E-state index in [0.717, 1.165) is 38.4 Å². The molecule has 1 atom stereocenters. The number of hydrogen-bond acceptors (Lipinski definition) is 3. The van der Waals surface area contributed by atoms with E-state index in [2.05, 4.69) is 27.6 Å². The number of carbonyl (C=O) groups excluding carboxylic acids is 1. The van der Waals surface area contributed by atoms with E-state index in [1.165, 1.54) is 5.56 Å². The number of carbonyl (C=O) groups is 1. The molecule has 1 saturated heterocycles. The molecule has 1 aliphatic heterocycles. The number of aryl methyl sites for hydroxylation is 1. The second kappa shape index (κ2) is 8.70. The van der Waals surface area contributed by atoms with Gasteiger partial charge in [0, 0.05) is 51.4 Å². The van der Waals surface area contributed by atoms with Crippen LogP contribution in [0.2, 0.25) is 0 Å². The average molecular weight is 334 g/mol. The molecule has 24 heavy (non-hydrogen) atoms. The molecule has 0 radical (unpaired) electrons. The molecule has 1 fully saturated rings. The second-order valence-corrected chi connectivity index (χ2v) is 6.60. The van der Waals surface area contributed by atoms with Gasteiger partial charge >= 0.3 is 0 Å². The lowest BCUT2D eigenvalue weighted by atomic mass is 10.2. The summed E-state index contributed by atoms with van der Waals surface area (Å²) in [6.07, 6.45) is 5.73. The van der Waals surface area contributed by atoms with Crippen LogP contribution in [0.4, 0.5) is 0 Å². The highest BCUT2D eigenvalue weighted by Crippen LogP contribution is 2.12. The SMILES string of the molecule is CCNC(=NCCc1cnn(C)c1)NC1CCN(C(=O)C(C)C)C1. The third-order valence-corrected chi connectivity index (χ3v) is 4.11. The van der Waals surface area contributed by atoms with Crippen LogP contribution in [-0.4, -0.2) is 58.8 Å². The molecule has 0 spiro atoms. The number of aromatic nitrogens is 2. The zero-order chi connectivity index (χ0) is 17.5. The predicted molar refractivity (Wildman–Crippen MR) is 95.8 cm³/mol. The second-order valence-electron chi connectivity index (χ2n) is 6.60. The van der Waals surface area contributed by atoms with Gasteiger partial charge in [-0.1, -0.05) is 13.8 Å². The monoisotopic (exact) mass is 334 g/mol. The molecule has 1 aromatic rings. The normalized spacial score (nSPS) is 18.3. The topological polar surface area (TPSA) is 74.6 Å². The van der Waals surface area contributed by atoms with Crippen LogP contribution in [-0.2, 0) is 18.3 Å². The van der Waals surface area contributed by atoms with Crippen molar-refractivity contribution in [3.63, 3.8) is 0 Å². The summed E-state index contributed by atoms with van der Waals surface area (Å²) >= 11 is 0. The van der Waals surface area contributed by atoms with E-state index >= 15 is 0 Å². The van der Waals surface area contributed by atoms with Crippen LogP contribution < -0.4 is 10.6 Å². The van der Waals surface area contributed by atoms with Crippen molar-refractivity contribution in [1.29, 1.82) is 0 Å². The van der Waals surface area contributed by atoms with Crippen LogP contribution in [0.5, 0.6) is 0 Å². The minimum atomic E-state index is 0.0603. The van der Waals surface area contributed by atoms with Crippen LogP contribution >= 0.6 is 0 Å². The van der Waals surface area contributed by atoms with E-state index in [0.29, 0.717) is 6.54 Å². The van der Waals surface area contributed by atoms with Crippen LogP contribution in [0.15, 0.2) is 17.4 Å². The molecule has 0 aromatic carbocycles. The van der Waals surface area contributed by atoms with Crippen molar-refractivity contribution < 1.29 is 4.79 Å². The maximum absolute atomic E-state index is 12.1. The third-order valence-electron chi connectivity index (χ3n) is 4.11. The molecule has 1 unspecified atom stereocenters. The van der Waals surface area contributed by atoms with E-state index in [9.17, 15) is 4.79 Å². The number of hydrogen-bond donors (Lipinski definition) is 2. The lowest BCUT2D eigenvalue weighted by Crippen LogP contribution is -2.45. The van der Waals surface area contributed by atoms with Gasteiger partial charge in [-0.3, -0.25) is 14.5 Å². The summed E-state index contributed by atoms with van der Waals surface area (Å²) in [5, 5.41) is 10.9. The summed E-state index contributed by atoms with van der Waals surface area (Å²) in [5.41, 5.74) is 1.19. The molecule has 2 rings (SSSR count). The highest BCUT2D eigenvalue weighted by molar-refractivity contribution is 5.81. The zero-order valence-electron chi connectivity index (χ0n) is 15.2. The smallest absolute Gasteiger partial charge is 0.225 e. The molecule has 0 saturated carbocycles. The zero-order valence-corrected chi connectivity index (χ0v) is 15.2. The van der Waals surface area contributed by atoms with Gasteiger partial charge in [-0.25, -0.2) is 0 Å². The Labute approximate surface area is 144 Å². The summed E-state index contributed by atoms with van der Waals surface area (Å²) in [4.78, 5) is 18.7. The lowest BCUT2D eigenvalue weighted by molar-refractivity contribution is -0.133. The standard InChI is InChI=1S/C17H30N6O/c1-5-18-17(19-8-6-14-10-20-22(4)11-14)21-15-7-9-23(12-15)16(24)13(2)3/h10-11,13,15H,5-9,12H2,1-4H3,(H2,18,19,21). The molecule has 0 bridgehead atoms. The van der Waals surface area contributed by atoms with Crippen molar-refractivity contribution in [3.8, 4) is 0 Å². The van der Waals surface area contributed by atoms with Gasteiger partial charge in [0.25, 0.3) is 0 Å². The number of likely N-dealkylation sites (tertiary alicyclic amines) is 1. The van der Waals surface area contributed by atoms with E-state index in [1.807, 2.05) is 38.2 Å². The number of rotatable bonds is 6. The summed E-state index contributed by atoms with van der Waals surface area (Å²) < 4.78 is 1.81. The average Bonchev–Trinajstić information content (AvgIpc) is 3.16. The van der Waals surface area contributed by atoms with Crippen molar-refractivity contribution >= 4 is 11.9 Å². The Morgan fingerprint density at radius 3 is 2.92 bits per heavy atom. The largest absolute Gasteiger partial charge is 0.357 e. The molecule has 134 valence electrons. The van der Waals surface area contributed by atoms with Gasteiger partial charge in [0.1, 0.15) is 0 Å². The van der Waals surface area contributed by atoms with Crippen molar-refractivity contribution in [2.24, 2.45) is 18.0 Å². The molecule has 1 aliphatic rings. The lowest BCUT2D eigenvalue weighted by Gasteiger charge is -2.20. The number of nitrogens with one attached hydrogen (secondary N) is 2. The molecule has 1 amide bonds. The summed E-state index contributed by atoms with van der Waals surface area (Å²) in [5.74, 6) is 1.12. The molecule has 1 aromatic heterocycles. The van der Waals surface area contributed by atoms with Gasteiger partial charge in [-0.15, -0.1) is 0 Å². The van der Waals surface area contributed by atoms with E-state index in [4.69, 9.17) is 0 Å². The quantitative estimate of drug-likeness (QED) is 0.595. The van der Waals surface area contributed by atoms with Crippen molar-refractivity contribution in [1.82, 2.24) is 25.3 Å². The van der Waals surface area contributed by atoms with Gasteiger partial charge in [0.2, 0.25) is 5.91 Å². The minimum Gasteiger partial charge on any atom is -0.357 e. The first-order valence-electron chi connectivity index (χ1n) is 8.80. The highest BCUT2D eigenvalue weighted by Gasteiger charge is 2.27. The fourth-order valence-electron chi connectivity index (χ4n) is 2.85. The summed E-state index contributed by atoms with van der Waals surface area (Å²) in [6, 6.07) is 0.267. The predicted octanol–water partition coefficient (Wildman–Crippen LogP) is 0.775. The Morgan fingerprint density at radius 1 is 1.50 bits per heavy atom. The van der Waals surface area contributed by atoms with E-state index in [-0.39, 0.29) is 17.9 Å². The van der Waals surface area contributed by atoms with Gasteiger partial charge < -0.3 is 15.5 Å². The Bertz CT molecular complexity index is 565. The van der Waals surface area contributed by atoms with Gasteiger partial charge in [0.15, 0.2) is 5.96 Å². The van der Waals surface area contributed by atoms with Crippen LogP contribution in [0.25, 0.3) is 0 Å². The number of guanidine groups is 1. The van der Waals surface area contributed by atoms with Crippen LogP contribution in [0.1, 0.15) is 32.8 Å². The first kappa shape index (κ1) is 18.3. The van der Waals surface area contributed by atoms with Gasteiger partial charge in [-0.05, 0) is 25.3 Å². The Hall–Kier alpha value is -2.05. The number of nitrogens with zero attached hydrogens (tertiary/aromatic N) is 4. The van der Waals surface area contributed by atoms with E-state index < -0.39 is 0 Å². The summed E-state index contributed by atoms with van der Waals surface area (Å²) in [6.45, 7) is 9.07. The maximum atomic E-state index is 12.1. The van der Waals surface area contributed by atoms with Crippen molar-refractivity contribution in [3.05, 3.63) is 18.0 Å². The first-order valence-corrected chi connectivity index (χ1v) is 8.80. The number of aliphatic imine (C=N–C) groups is 1. The minimum absolute atomic E-state index is 0.0603. The Balaban J connectivity index is 1.84. The highest BCUT2D eigenvalue weighted by atomic mass is 16.2. The molecular weight excluding hydrogens is 304 g/mol. The first-order chi connectivity index (χ1) is 11.5. The summed E-state index contributed by atoms with van der Waals surface area (Å²) in [7, 11) is 1.92. The molecule has 0 aliphatic carbocycles. The third kappa shape index (κ3) is 5.25. The van der Waals surface area contributed by atoms with Crippen molar-refractivity contribution in [2.75, 3.05) is 26.2 Å². The van der Waals surface area contributed by atoms with Gasteiger partial charge in [0.05, 0.1) is 6.20 Å². The Kier molecular flexibility index (Phi) is 6.63.